The van der Waals surface area contributed by atoms with Gasteiger partial charge in [0.15, 0.2) is 5.78 Å². The number of pyridine rings is 1. The van der Waals surface area contributed by atoms with Crippen LogP contribution in [0.5, 0.6) is 0 Å². The Kier molecular flexibility index (Phi) is 6.92. The molecule has 1 aromatic rings. The maximum absolute atomic E-state index is 12.4. The van der Waals surface area contributed by atoms with E-state index in [0.29, 0.717) is 38.2 Å². The summed E-state index contributed by atoms with van der Waals surface area (Å²) in [5, 5.41) is 0. The van der Waals surface area contributed by atoms with Crippen LogP contribution >= 0.6 is 0 Å². The van der Waals surface area contributed by atoms with Crippen LogP contribution in [0.4, 0.5) is 0 Å². The van der Waals surface area contributed by atoms with Gasteiger partial charge in [0.25, 0.3) is 0 Å². The highest BCUT2D eigenvalue weighted by molar-refractivity contribution is 5.97. The third-order valence-corrected chi connectivity index (χ3v) is 5.38. The molecule has 2 aliphatic heterocycles. The average Bonchev–Trinajstić information content (AvgIpc) is 3.24. The number of hydrogen-bond acceptors (Lipinski definition) is 5. The number of carbonyl (C=O) groups is 3. The van der Waals surface area contributed by atoms with Crippen molar-refractivity contribution in [2.45, 2.75) is 32.1 Å². The summed E-state index contributed by atoms with van der Waals surface area (Å²) in [6, 6.07) is 3.43. The molecule has 2 amide bonds. The summed E-state index contributed by atoms with van der Waals surface area (Å²) in [5.41, 5.74) is 0.540. The van der Waals surface area contributed by atoms with E-state index in [9.17, 15) is 14.4 Å². The minimum absolute atomic E-state index is 0.0172. The van der Waals surface area contributed by atoms with Gasteiger partial charge < -0.3 is 14.7 Å². The van der Waals surface area contributed by atoms with E-state index in [0.717, 1.165) is 19.6 Å². The summed E-state index contributed by atoms with van der Waals surface area (Å²) in [7, 11) is 0. The molecule has 1 aromatic heterocycles. The van der Waals surface area contributed by atoms with Gasteiger partial charge in [-0.2, -0.15) is 0 Å². The molecule has 2 saturated heterocycles. The van der Waals surface area contributed by atoms with E-state index in [-0.39, 0.29) is 30.4 Å². The summed E-state index contributed by atoms with van der Waals surface area (Å²) in [4.78, 5) is 46.7. The van der Waals surface area contributed by atoms with Crippen molar-refractivity contribution in [1.29, 1.82) is 0 Å². The van der Waals surface area contributed by atoms with Crippen molar-refractivity contribution in [3.63, 3.8) is 0 Å². The lowest BCUT2D eigenvalue weighted by Crippen LogP contribution is -2.51. The number of rotatable bonds is 7. The first kappa shape index (κ1) is 19.5. The van der Waals surface area contributed by atoms with Crippen LogP contribution in [0.1, 0.15) is 42.5 Å². The van der Waals surface area contributed by atoms with Gasteiger partial charge in [-0.15, -0.1) is 0 Å². The Bertz CT molecular complexity index is 650. The zero-order chi connectivity index (χ0) is 19.1. The molecule has 3 rings (SSSR count). The van der Waals surface area contributed by atoms with Crippen molar-refractivity contribution >= 4 is 17.6 Å². The molecule has 2 fully saturated rings. The first-order chi connectivity index (χ1) is 13.1. The molecule has 0 N–H and O–H groups in total. The normalized spacial score (nSPS) is 17.9. The van der Waals surface area contributed by atoms with Gasteiger partial charge >= 0.3 is 0 Å². The van der Waals surface area contributed by atoms with Gasteiger partial charge in [0.2, 0.25) is 11.8 Å². The fourth-order valence-corrected chi connectivity index (χ4v) is 3.67. The van der Waals surface area contributed by atoms with E-state index < -0.39 is 0 Å². The number of piperazine rings is 1. The van der Waals surface area contributed by atoms with Gasteiger partial charge in [0, 0.05) is 69.9 Å². The van der Waals surface area contributed by atoms with Crippen LogP contribution in [0.15, 0.2) is 24.5 Å². The molecular weight excluding hydrogens is 344 g/mol. The fraction of sp³-hybridized carbons (Fsp3) is 0.600. The standard InChI is InChI=1S/C20H28N4O3/c25-18(17-4-3-8-21-16-17)5-6-19(26)23-12-14-24(15-13-23)20(27)7-11-22-9-1-2-10-22/h3-4,8,16H,1-2,5-7,9-15H2. The van der Waals surface area contributed by atoms with Gasteiger partial charge in [-0.1, -0.05) is 0 Å². The SMILES string of the molecule is O=C(CCC(=O)N1CCN(C(=O)CCN2CCCC2)CC1)c1cccnc1. The van der Waals surface area contributed by atoms with Gasteiger partial charge in [0.1, 0.15) is 0 Å². The Morgan fingerprint density at radius 1 is 0.852 bits per heavy atom. The summed E-state index contributed by atoms with van der Waals surface area (Å²) < 4.78 is 0. The molecule has 0 unspecified atom stereocenters. The Morgan fingerprint density at radius 2 is 1.48 bits per heavy atom. The maximum Gasteiger partial charge on any atom is 0.223 e. The molecule has 3 heterocycles. The third-order valence-electron chi connectivity index (χ3n) is 5.38. The Balaban J connectivity index is 1.36. The first-order valence-electron chi connectivity index (χ1n) is 9.84. The molecular formula is C20H28N4O3. The minimum Gasteiger partial charge on any atom is -0.339 e. The molecule has 2 aliphatic rings. The number of amides is 2. The first-order valence-corrected chi connectivity index (χ1v) is 9.84. The van der Waals surface area contributed by atoms with Crippen molar-refractivity contribution in [3.05, 3.63) is 30.1 Å². The highest BCUT2D eigenvalue weighted by atomic mass is 16.2. The summed E-state index contributed by atoms with van der Waals surface area (Å²) in [6.45, 7) is 5.32. The second-order valence-corrected chi connectivity index (χ2v) is 7.23. The van der Waals surface area contributed by atoms with E-state index in [2.05, 4.69) is 9.88 Å². The summed E-state index contributed by atoms with van der Waals surface area (Å²) in [6.07, 6.45) is 6.58. The van der Waals surface area contributed by atoms with Crippen molar-refractivity contribution in [1.82, 2.24) is 19.7 Å². The van der Waals surface area contributed by atoms with E-state index >= 15 is 0 Å². The molecule has 0 aromatic carbocycles. The van der Waals surface area contributed by atoms with Crippen LogP contribution < -0.4 is 0 Å². The molecule has 146 valence electrons. The average molecular weight is 372 g/mol. The zero-order valence-corrected chi connectivity index (χ0v) is 15.8. The lowest BCUT2D eigenvalue weighted by molar-refractivity contribution is -0.139. The number of hydrogen-bond donors (Lipinski definition) is 0. The number of carbonyl (C=O) groups excluding carboxylic acids is 3. The van der Waals surface area contributed by atoms with Crippen LogP contribution in [0.25, 0.3) is 0 Å². The molecule has 0 spiro atoms. The lowest BCUT2D eigenvalue weighted by atomic mass is 10.1. The Hall–Kier alpha value is -2.28. The number of nitrogens with zero attached hydrogens (tertiary/aromatic N) is 4. The smallest absolute Gasteiger partial charge is 0.223 e. The number of likely N-dealkylation sites (tertiary alicyclic amines) is 1. The van der Waals surface area contributed by atoms with Gasteiger partial charge in [-0.05, 0) is 38.1 Å². The zero-order valence-electron chi connectivity index (χ0n) is 15.8. The summed E-state index contributed by atoms with van der Waals surface area (Å²) in [5.74, 6) is 0.101. The molecule has 0 radical (unpaired) electrons. The van der Waals surface area contributed by atoms with Crippen molar-refractivity contribution < 1.29 is 14.4 Å². The number of aromatic nitrogens is 1. The highest BCUT2D eigenvalue weighted by Crippen LogP contribution is 2.11. The van der Waals surface area contributed by atoms with Crippen molar-refractivity contribution in [2.24, 2.45) is 0 Å². The predicted octanol–water partition coefficient (Wildman–Crippen LogP) is 1.20. The molecule has 27 heavy (non-hydrogen) atoms. The Labute approximate surface area is 160 Å². The Morgan fingerprint density at radius 3 is 2.07 bits per heavy atom. The van der Waals surface area contributed by atoms with Gasteiger partial charge in [-0.3, -0.25) is 19.4 Å². The fourth-order valence-electron chi connectivity index (χ4n) is 3.67. The molecule has 0 bridgehead atoms. The van der Waals surface area contributed by atoms with E-state index in [4.69, 9.17) is 0 Å². The van der Waals surface area contributed by atoms with Crippen molar-refractivity contribution in [2.75, 3.05) is 45.8 Å². The summed E-state index contributed by atoms with van der Waals surface area (Å²) >= 11 is 0. The van der Waals surface area contributed by atoms with Crippen molar-refractivity contribution in [3.8, 4) is 0 Å². The van der Waals surface area contributed by atoms with Crippen LogP contribution in [-0.2, 0) is 9.59 Å². The quantitative estimate of drug-likeness (QED) is 0.673. The highest BCUT2D eigenvalue weighted by Gasteiger charge is 2.25. The predicted molar refractivity (Wildman–Crippen MR) is 101 cm³/mol. The van der Waals surface area contributed by atoms with Gasteiger partial charge in [0.05, 0.1) is 0 Å². The van der Waals surface area contributed by atoms with Crippen LogP contribution in [0.3, 0.4) is 0 Å². The second-order valence-electron chi connectivity index (χ2n) is 7.23. The van der Waals surface area contributed by atoms with Crippen LogP contribution in [0.2, 0.25) is 0 Å². The topological polar surface area (TPSA) is 73.8 Å². The van der Waals surface area contributed by atoms with Crippen LogP contribution in [0, 0.1) is 0 Å². The van der Waals surface area contributed by atoms with E-state index in [1.807, 2.05) is 4.90 Å². The molecule has 0 atom stereocenters. The second kappa shape index (κ2) is 9.60. The monoisotopic (exact) mass is 372 g/mol. The van der Waals surface area contributed by atoms with Gasteiger partial charge in [-0.25, -0.2) is 0 Å². The molecule has 0 aliphatic carbocycles. The lowest BCUT2D eigenvalue weighted by Gasteiger charge is -2.35. The minimum atomic E-state index is -0.0628. The number of Topliss-reactive ketones (excluding diaryl/α,β-unsaturated/α-hetero) is 1. The third kappa shape index (κ3) is 5.60. The number of ketones is 1. The maximum atomic E-state index is 12.4. The van der Waals surface area contributed by atoms with E-state index in [1.165, 1.54) is 19.0 Å². The molecule has 7 heteroatoms. The molecule has 0 saturated carbocycles. The largest absolute Gasteiger partial charge is 0.339 e. The molecule has 7 nitrogen and oxygen atoms in total. The van der Waals surface area contributed by atoms with E-state index in [1.54, 1.807) is 23.2 Å². The van der Waals surface area contributed by atoms with Crippen LogP contribution in [-0.4, -0.2) is 83.1 Å².